The minimum atomic E-state index is 0. The van der Waals surface area contributed by atoms with Gasteiger partial charge in [0.1, 0.15) is 5.52 Å². The van der Waals surface area contributed by atoms with Gasteiger partial charge in [-0.2, -0.15) is 0 Å². The van der Waals surface area contributed by atoms with E-state index >= 15 is 0 Å². The Morgan fingerprint density at radius 2 is 1.95 bits per heavy atom. The van der Waals surface area contributed by atoms with Gasteiger partial charge in [-0.15, -0.1) is 24.8 Å². The first-order valence-corrected chi connectivity index (χ1v) is 7.88. The normalized spacial score (nSPS) is 13.9. The average Bonchev–Trinajstić information content (AvgIpc) is 2.61. The van der Waals surface area contributed by atoms with Gasteiger partial charge in [0, 0.05) is 22.1 Å². The van der Waals surface area contributed by atoms with E-state index in [1.807, 2.05) is 6.07 Å². The van der Waals surface area contributed by atoms with E-state index in [0.717, 1.165) is 41.5 Å². The van der Waals surface area contributed by atoms with E-state index in [9.17, 15) is 5.11 Å². The van der Waals surface area contributed by atoms with E-state index in [2.05, 4.69) is 44.1 Å². The van der Waals surface area contributed by atoms with Crippen molar-refractivity contribution in [2.75, 3.05) is 6.54 Å². The standard InChI is InChI=1S/C14H14Br2N2O.2ClH/c1-7-8-6-17-4-2-3-11(8)18-13-12(7)9(15)5-10(16)14(13)19;;/h5,17,19H,2-4,6H2,1H3;2*1H. The summed E-state index contributed by atoms with van der Waals surface area (Å²) in [5.74, 6) is 0.223. The first-order chi connectivity index (χ1) is 9.09. The van der Waals surface area contributed by atoms with E-state index in [0.29, 0.717) is 9.99 Å². The van der Waals surface area contributed by atoms with Gasteiger partial charge >= 0.3 is 0 Å². The van der Waals surface area contributed by atoms with Crippen LogP contribution in [0.1, 0.15) is 23.2 Å². The summed E-state index contributed by atoms with van der Waals surface area (Å²) in [6, 6.07) is 1.88. The number of aryl methyl sites for hydroxylation is 2. The summed E-state index contributed by atoms with van der Waals surface area (Å²) in [5.41, 5.74) is 4.26. The van der Waals surface area contributed by atoms with Crippen molar-refractivity contribution in [3.63, 3.8) is 0 Å². The molecule has 0 unspecified atom stereocenters. The third-order valence-corrected chi connectivity index (χ3v) is 4.90. The number of hydrogen-bond donors (Lipinski definition) is 2. The number of rotatable bonds is 0. The van der Waals surface area contributed by atoms with Crippen molar-refractivity contribution in [3.8, 4) is 5.75 Å². The maximum atomic E-state index is 10.2. The Hall–Kier alpha value is -0.0700. The van der Waals surface area contributed by atoms with Crippen LogP contribution < -0.4 is 5.32 Å². The molecule has 0 fully saturated rings. The van der Waals surface area contributed by atoms with Crippen LogP contribution in [0.5, 0.6) is 5.75 Å². The highest BCUT2D eigenvalue weighted by Gasteiger charge is 2.19. The number of nitrogens with zero attached hydrogens (tertiary/aromatic N) is 1. The predicted molar refractivity (Wildman–Crippen MR) is 98.1 cm³/mol. The molecule has 0 bridgehead atoms. The number of phenols is 1. The van der Waals surface area contributed by atoms with Gasteiger partial charge in [0.25, 0.3) is 0 Å². The summed E-state index contributed by atoms with van der Waals surface area (Å²) in [6.45, 7) is 3.98. The fraction of sp³-hybridized carbons (Fsp3) is 0.357. The molecule has 3 nitrogen and oxygen atoms in total. The van der Waals surface area contributed by atoms with Crippen molar-refractivity contribution in [1.82, 2.24) is 10.3 Å². The van der Waals surface area contributed by atoms with Gasteiger partial charge in [0.05, 0.1) is 4.47 Å². The Morgan fingerprint density at radius 3 is 2.67 bits per heavy atom. The molecular formula is C14H16Br2Cl2N2O. The first-order valence-electron chi connectivity index (χ1n) is 6.29. The summed E-state index contributed by atoms with van der Waals surface area (Å²) in [4.78, 5) is 4.71. The number of hydrogen-bond acceptors (Lipinski definition) is 3. The number of halogens is 4. The monoisotopic (exact) mass is 456 g/mol. The van der Waals surface area contributed by atoms with Crippen molar-refractivity contribution < 1.29 is 5.11 Å². The highest BCUT2D eigenvalue weighted by Crippen LogP contribution is 2.39. The lowest BCUT2D eigenvalue weighted by atomic mass is 10.00. The molecule has 0 saturated heterocycles. The predicted octanol–water partition coefficient (Wildman–Crippen LogP) is 4.65. The number of pyridine rings is 1. The van der Waals surface area contributed by atoms with Gasteiger partial charge in [-0.3, -0.25) is 0 Å². The van der Waals surface area contributed by atoms with Gasteiger partial charge in [-0.25, -0.2) is 4.98 Å². The molecule has 2 aromatic rings. The van der Waals surface area contributed by atoms with Crippen molar-refractivity contribution in [1.29, 1.82) is 0 Å². The Labute approximate surface area is 153 Å². The molecule has 1 aliphatic heterocycles. The zero-order valence-corrected chi connectivity index (χ0v) is 16.2. The molecule has 1 aromatic carbocycles. The van der Waals surface area contributed by atoms with E-state index in [-0.39, 0.29) is 30.6 Å². The van der Waals surface area contributed by atoms with Crippen LogP contribution in [0, 0.1) is 6.92 Å². The SMILES string of the molecule is Cc1c2c(nc3c(O)c(Br)cc(Br)c13)CCCNC2.Cl.Cl. The van der Waals surface area contributed by atoms with Gasteiger partial charge in [0.2, 0.25) is 0 Å². The Kier molecular flexibility index (Phi) is 6.75. The Morgan fingerprint density at radius 1 is 1.24 bits per heavy atom. The van der Waals surface area contributed by atoms with Gasteiger partial charge in [-0.1, -0.05) is 15.9 Å². The van der Waals surface area contributed by atoms with Gasteiger partial charge in [0.15, 0.2) is 5.75 Å². The van der Waals surface area contributed by atoms with Crippen LogP contribution in [0.3, 0.4) is 0 Å². The molecule has 0 atom stereocenters. The van der Waals surface area contributed by atoms with Gasteiger partial charge < -0.3 is 10.4 Å². The van der Waals surface area contributed by atoms with E-state index in [1.54, 1.807) is 0 Å². The van der Waals surface area contributed by atoms with Crippen LogP contribution in [0.25, 0.3) is 10.9 Å². The molecule has 0 aliphatic carbocycles. The molecule has 0 radical (unpaired) electrons. The van der Waals surface area contributed by atoms with Crippen LogP contribution in [-0.4, -0.2) is 16.6 Å². The van der Waals surface area contributed by atoms with Crippen LogP contribution in [0.4, 0.5) is 0 Å². The topological polar surface area (TPSA) is 45.2 Å². The second-order valence-corrected chi connectivity index (χ2v) is 6.56. The summed E-state index contributed by atoms with van der Waals surface area (Å²) in [6.07, 6.45) is 2.05. The molecule has 1 aromatic heterocycles. The molecule has 2 heterocycles. The second-order valence-electron chi connectivity index (χ2n) is 4.85. The minimum absolute atomic E-state index is 0. The zero-order valence-electron chi connectivity index (χ0n) is 11.4. The van der Waals surface area contributed by atoms with Crippen molar-refractivity contribution in [2.24, 2.45) is 0 Å². The highest BCUT2D eigenvalue weighted by atomic mass is 79.9. The maximum Gasteiger partial charge on any atom is 0.156 e. The van der Waals surface area contributed by atoms with Gasteiger partial charge in [-0.05, 0) is 59.4 Å². The average molecular weight is 459 g/mol. The summed E-state index contributed by atoms with van der Waals surface area (Å²) in [7, 11) is 0. The highest BCUT2D eigenvalue weighted by molar-refractivity contribution is 9.11. The Balaban J connectivity index is 0.00000110. The molecule has 2 N–H and O–H groups in total. The number of aromatic nitrogens is 1. The number of fused-ring (bicyclic) bond motifs is 2. The second kappa shape index (κ2) is 7.47. The fourth-order valence-corrected chi connectivity index (χ4v) is 4.11. The molecule has 116 valence electrons. The van der Waals surface area contributed by atoms with Crippen LogP contribution in [-0.2, 0) is 13.0 Å². The van der Waals surface area contributed by atoms with Crippen molar-refractivity contribution in [2.45, 2.75) is 26.3 Å². The number of aromatic hydroxyl groups is 1. The smallest absolute Gasteiger partial charge is 0.156 e. The van der Waals surface area contributed by atoms with Crippen molar-refractivity contribution in [3.05, 3.63) is 31.8 Å². The van der Waals surface area contributed by atoms with E-state index < -0.39 is 0 Å². The molecule has 0 saturated carbocycles. The number of nitrogens with one attached hydrogen (secondary N) is 1. The number of phenolic OH excluding ortho intramolecular Hbond substituents is 1. The lowest BCUT2D eigenvalue weighted by Crippen LogP contribution is -2.13. The first kappa shape index (κ1) is 19.0. The molecule has 1 aliphatic rings. The molecule has 21 heavy (non-hydrogen) atoms. The summed E-state index contributed by atoms with van der Waals surface area (Å²) >= 11 is 6.95. The van der Waals surface area contributed by atoms with E-state index in [1.165, 1.54) is 11.1 Å². The Bertz CT molecular complexity index is 680. The quantitative estimate of drug-likeness (QED) is 0.603. The third-order valence-electron chi connectivity index (χ3n) is 3.67. The lowest BCUT2D eigenvalue weighted by molar-refractivity contribution is 0.476. The fourth-order valence-electron chi connectivity index (χ4n) is 2.67. The lowest BCUT2D eigenvalue weighted by Gasteiger charge is -2.15. The van der Waals surface area contributed by atoms with Crippen LogP contribution in [0.2, 0.25) is 0 Å². The van der Waals surface area contributed by atoms with Crippen molar-refractivity contribution >= 4 is 67.6 Å². The summed E-state index contributed by atoms with van der Waals surface area (Å²) in [5, 5.41) is 14.7. The maximum absolute atomic E-state index is 10.2. The molecular weight excluding hydrogens is 443 g/mol. The van der Waals surface area contributed by atoms with Crippen LogP contribution >= 0.6 is 56.7 Å². The molecule has 0 spiro atoms. The largest absolute Gasteiger partial charge is 0.505 e. The minimum Gasteiger partial charge on any atom is -0.505 e. The molecule has 7 heteroatoms. The van der Waals surface area contributed by atoms with E-state index in [4.69, 9.17) is 4.98 Å². The van der Waals surface area contributed by atoms with Crippen LogP contribution in [0.15, 0.2) is 15.0 Å². The molecule has 0 amide bonds. The summed E-state index contributed by atoms with van der Waals surface area (Å²) < 4.78 is 1.63. The molecule has 3 rings (SSSR count). The number of benzene rings is 1. The zero-order chi connectivity index (χ0) is 13.6. The third kappa shape index (κ3) is 3.32.